The SMILES string of the molecule is CC(C)C(O)CN(C)C(=O)I. The van der Waals surface area contributed by atoms with Crippen molar-refractivity contribution in [1.29, 1.82) is 0 Å². The van der Waals surface area contributed by atoms with Crippen LogP contribution < -0.4 is 0 Å². The molecule has 0 heterocycles. The van der Waals surface area contributed by atoms with Crippen molar-refractivity contribution in [1.82, 2.24) is 4.90 Å². The van der Waals surface area contributed by atoms with Gasteiger partial charge in [-0.3, -0.25) is 4.79 Å². The summed E-state index contributed by atoms with van der Waals surface area (Å²) in [7, 11) is 1.68. The summed E-state index contributed by atoms with van der Waals surface area (Å²) in [6.45, 7) is 4.27. The maximum atomic E-state index is 10.7. The first-order valence-corrected chi connectivity index (χ1v) is 4.61. The Morgan fingerprint density at radius 1 is 1.64 bits per heavy atom. The lowest BCUT2D eigenvalue weighted by Gasteiger charge is -2.20. The van der Waals surface area contributed by atoms with Crippen LogP contribution in [0.1, 0.15) is 13.8 Å². The molecule has 0 saturated carbocycles. The highest BCUT2D eigenvalue weighted by Crippen LogP contribution is 2.04. The van der Waals surface area contributed by atoms with Gasteiger partial charge in [-0.1, -0.05) is 13.8 Å². The van der Waals surface area contributed by atoms with E-state index in [1.54, 1.807) is 29.6 Å². The van der Waals surface area contributed by atoms with Crippen LogP contribution in [-0.4, -0.2) is 33.6 Å². The summed E-state index contributed by atoms with van der Waals surface area (Å²) in [5, 5.41) is 9.35. The van der Waals surface area contributed by atoms with E-state index in [1.807, 2.05) is 13.8 Å². The molecular formula is C7H14INO2. The molecular weight excluding hydrogens is 257 g/mol. The average Bonchev–Trinajstić information content (AvgIpc) is 1.87. The van der Waals surface area contributed by atoms with Gasteiger partial charge in [0.2, 0.25) is 0 Å². The third-order valence-corrected chi connectivity index (χ3v) is 2.35. The fourth-order valence-electron chi connectivity index (χ4n) is 0.563. The number of amides is 1. The molecule has 0 aliphatic heterocycles. The number of carbonyl (C=O) groups excluding carboxylic acids is 1. The molecule has 0 fully saturated rings. The molecule has 11 heavy (non-hydrogen) atoms. The van der Waals surface area contributed by atoms with Gasteiger partial charge in [-0.25, -0.2) is 0 Å². The van der Waals surface area contributed by atoms with E-state index < -0.39 is 6.10 Å². The van der Waals surface area contributed by atoms with Crippen LogP contribution in [0, 0.1) is 5.92 Å². The van der Waals surface area contributed by atoms with Gasteiger partial charge in [0.1, 0.15) is 0 Å². The summed E-state index contributed by atoms with van der Waals surface area (Å²) in [4.78, 5) is 12.2. The van der Waals surface area contributed by atoms with Crippen molar-refractivity contribution in [2.75, 3.05) is 13.6 Å². The maximum absolute atomic E-state index is 10.7. The fraction of sp³-hybridized carbons (Fsp3) is 0.857. The lowest BCUT2D eigenvalue weighted by molar-refractivity contribution is 0.0989. The van der Waals surface area contributed by atoms with Crippen molar-refractivity contribution in [2.24, 2.45) is 5.92 Å². The number of hydrogen-bond acceptors (Lipinski definition) is 2. The molecule has 4 heteroatoms. The Labute approximate surface area is 80.9 Å². The number of aliphatic hydroxyl groups is 1. The molecule has 66 valence electrons. The molecule has 1 amide bonds. The summed E-state index contributed by atoms with van der Waals surface area (Å²) in [6.07, 6.45) is -0.418. The van der Waals surface area contributed by atoms with E-state index >= 15 is 0 Å². The van der Waals surface area contributed by atoms with Crippen LogP contribution in [0.25, 0.3) is 0 Å². The van der Waals surface area contributed by atoms with Gasteiger partial charge in [-0.2, -0.15) is 0 Å². The summed E-state index contributed by atoms with van der Waals surface area (Å²) < 4.78 is -0.0395. The zero-order chi connectivity index (χ0) is 9.02. The van der Waals surface area contributed by atoms with Gasteiger partial charge in [0.05, 0.1) is 6.10 Å². The van der Waals surface area contributed by atoms with Gasteiger partial charge < -0.3 is 10.0 Å². The van der Waals surface area contributed by atoms with E-state index in [2.05, 4.69) is 0 Å². The highest BCUT2D eigenvalue weighted by molar-refractivity contribution is 14.1. The van der Waals surface area contributed by atoms with Crippen LogP contribution in [0.5, 0.6) is 0 Å². The quantitative estimate of drug-likeness (QED) is 0.480. The minimum absolute atomic E-state index is 0.0395. The Bertz CT molecular complexity index is 138. The van der Waals surface area contributed by atoms with E-state index in [1.165, 1.54) is 4.90 Å². The molecule has 0 spiro atoms. The zero-order valence-electron chi connectivity index (χ0n) is 7.04. The highest BCUT2D eigenvalue weighted by Gasteiger charge is 2.13. The second-order valence-corrected chi connectivity index (χ2v) is 3.87. The molecule has 0 aliphatic carbocycles. The summed E-state index contributed by atoms with van der Waals surface area (Å²) in [5.74, 6) is 0.202. The van der Waals surface area contributed by atoms with E-state index in [9.17, 15) is 9.90 Å². The molecule has 0 aromatic rings. The minimum Gasteiger partial charge on any atom is -0.391 e. The Morgan fingerprint density at radius 2 is 2.09 bits per heavy atom. The van der Waals surface area contributed by atoms with Crippen LogP contribution >= 0.6 is 22.6 Å². The molecule has 1 atom stereocenters. The second-order valence-electron chi connectivity index (χ2n) is 2.94. The van der Waals surface area contributed by atoms with Crippen LogP contribution in [0.4, 0.5) is 4.79 Å². The van der Waals surface area contributed by atoms with E-state index in [0.29, 0.717) is 6.54 Å². The van der Waals surface area contributed by atoms with E-state index in [4.69, 9.17) is 0 Å². The Balaban J connectivity index is 3.75. The molecule has 0 saturated heterocycles. The maximum Gasteiger partial charge on any atom is 0.283 e. The number of carbonyl (C=O) groups is 1. The summed E-state index contributed by atoms with van der Waals surface area (Å²) >= 11 is 1.70. The third-order valence-electron chi connectivity index (χ3n) is 1.53. The first kappa shape index (κ1) is 11.2. The number of halogens is 1. The van der Waals surface area contributed by atoms with Crippen molar-refractivity contribution in [2.45, 2.75) is 20.0 Å². The molecule has 0 aromatic heterocycles. The molecule has 1 unspecified atom stereocenters. The van der Waals surface area contributed by atoms with Gasteiger partial charge >= 0.3 is 0 Å². The van der Waals surface area contributed by atoms with Crippen LogP contribution in [-0.2, 0) is 0 Å². The van der Waals surface area contributed by atoms with E-state index in [0.717, 1.165) is 0 Å². The van der Waals surface area contributed by atoms with Gasteiger partial charge in [0.25, 0.3) is 3.91 Å². The van der Waals surface area contributed by atoms with Crippen molar-refractivity contribution < 1.29 is 9.90 Å². The Hall–Kier alpha value is 0.160. The first-order valence-electron chi connectivity index (χ1n) is 3.53. The average molecular weight is 271 g/mol. The molecule has 0 rings (SSSR count). The number of likely N-dealkylation sites (N-methyl/N-ethyl adjacent to an activating group) is 1. The van der Waals surface area contributed by atoms with Crippen molar-refractivity contribution >= 4 is 26.5 Å². The lowest BCUT2D eigenvalue weighted by atomic mass is 10.1. The Kier molecular flexibility index (Phi) is 4.99. The Morgan fingerprint density at radius 3 is 2.36 bits per heavy atom. The van der Waals surface area contributed by atoms with Crippen molar-refractivity contribution in [3.63, 3.8) is 0 Å². The third kappa shape index (κ3) is 4.58. The predicted octanol–water partition coefficient (Wildman–Crippen LogP) is 1.49. The monoisotopic (exact) mass is 271 g/mol. The second kappa shape index (κ2) is 4.92. The summed E-state index contributed by atoms with van der Waals surface area (Å²) in [6, 6.07) is 0. The lowest BCUT2D eigenvalue weighted by Crippen LogP contribution is -2.33. The number of nitrogens with zero attached hydrogens (tertiary/aromatic N) is 1. The smallest absolute Gasteiger partial charge is 0.283 e. The van der Waals surface area contributed by atoms with Crippen LogP contribution in [0.3, 0.4) is 0 Å². The highest BCUT2D eigenvalue weighted by atomic mass is 127. The molecule has 0 radical (unpaired) electrons. The normalized spacial score (nSPS) is 13.3. The van der Waals surface area contributed by atoms with Gasteiger partial charge in [-0.05, 0) is 5.92 Å². The number of hydrogen-bond donors (Lipinski definition) is 1. The van der Waals surface area contributed by atoms with Gasteiger partial charge in [-0.15, -0.1) is 0 Å². The molecule has 1 N–H and O–H groups in total. The molecule has 0 aromatic carbocycles. The minimum atomic E-state index is -0.418. The number of aliphatic hydroxyl groups excluding tert-OH is 1. The molecule has 3 nitrogen and oxygen atoms in total. The fourth-order valence-corrected chi connectivity index (χ4v) is 0.760. The van der Waals surface area contributed by atoms with Gasteiger partial charge in [0, 0.05) is 36.2 Å². The topological polar surface area (TPSA) is 40.5 Å². The van der Waals surface area contributed by atoms with Crippen molar-refractivity contribution in [3.05, 3.63) is 0 Å². The zero-order valence-corrected chi connectivity index (χ0v) is 9.20. The largest absolute Gasteiger partial charge is 0.391 e. The first-order chi connectivity index (χ1) is 4.95. The van der Waals surface area contributed by atoms with Gasteiger partial charge in [0.15, 0.2) is 0 Å². The molecule has 0 aliphatic rings. The predicted molar refractivity (Wildman–Crippen MR) is 52.9 cm³/mol. The summed E-state index contributed by atoms with van der Waals surface area (Å²) in [5.41, 5.74) is 0. The number of rotatable bonds is 3. The van der Waals surface area contributed by atoms with E-state index in [-0.39, 0.29) is 9.83 Å². The standard InChI is InChI=1S/C7H14INO2/c1-5(2)6(10)4-9(3)7(8)11/h5-6,10H,4H2,1-3H3. The van der Waals surface area contributed by atoms with Crippen LogP contribution in [0.15, 0.2) is 0 Å². The molecule has 0 bridgehead atoms. The van der Waals surface area contributed by atoms with Crippen molar-refractivity contribution in [3.8, 4) is 0 Å². The van der Waals surface area contributed by atoms with Crippen LogP contribution in [0.2, 0.25) is 0 Å².